The minimum atomic E-state index is 0.165. The van der Waals surface area contributed by atoms with Crippen molar-refractivity contribution in [2.24, 2.45) is 0 Å². The fourth-order valence-corrected chi connectivity index (χ4v) is 3.69. The van der Waals surface area contributed by atoms with E-state index in [1.54, 1.807) is 14.2 Å². The molecule has 5 atom stereocenters. The average molecular weight is 337 g/mol. The number of rotatable bonds is 7. The Morgan fingerprint density at radius 1 is 1.05 bits per heavy atom. The molecule has 0 aromatic rings. The number of halogens is 1. The van der Waals surface area contributed by atoms with Crippen LogP contribution >= 0.6 is 15.9 Å². The van der Waals surface area contributed by atoms with Gasteiger partial charge in [0, 0.05) is 19.0 Å². The van der Waals surface area contributed by atoms with Crippen molar-refractivity contribution in [2.75, 3.05) is 27.4 Å². The molecule has 2 saturated carbocycles. The van der Waals surface area contributed by atoms with Crippen LogP contribution in [0.5, 0.6) is 0 Å². The summed E-state index contributed by atoms with van der Waals surface area (Å²) in [5.41, 5.74) is 0. The van der Waals surface area contributed by atoms with Crippen molar-refractivity contribution in [3.8, 4) is 0 Å². The molecule has 19 heavy (non-hydrogen) atoms. The molecule has 0 aromatic carbocycles. The van der Waals surface area contributed by atoms with Crippen LogP contribution in [0.25, 0.3) is 0 Å². The highest BCUT2D eigenvalue weighted by Crippen LogP contribution is 2.36. The van der Waals surface area contributed by atoms with Gasteiger partial charge in [0.25, 0.3) is 0 Å². The molecule has 0 N–H and O–H groups in total. The van der Waals surface area contributed by atoms with Gasteiger partial charge in [-0.1, -0.05) is 15.9 Å². The zero-order valence-corrected chi connectivity index (χ0v) is 13.4. The molecule has 0 spiro atoms. The van der Waals surface area contributed by atoms with Crippen LogP contribution in [0.4, 0.5) is 0 Å². The first-order valence-electron chi connectivity index (χ1n) is 7.17. The summed E-state index contributed by atoms with van der Waals surface area (Å²) >= 11 is 3.64. The minimum Gasteiger partial charge on any atom is -0.382 e. The highest BCUT2D eigenvalue weighted by atomic mass is 79.9. The van der Waals surface area contributed by atoms with Crippen molar-refractivity contribution >= 4 is 15.9 Å². The Labute approximate surface area is 124 Å². The van der Waals surface area contributed by atoms with Gasteiger partial charge in [-0.05, 0) is 32.1 Å². The van der Waals surface area contributed by atoms with Crippen LogP contribution in [0.15, 0.2) is 0 Å². The maximum absolute atomic E-state index is 6.20. The van der Waals surface area contributed by atoms with E-state index in [0.29, 0.717) is 30.2 Å². The highest BCUT2D eigenvalue weighted by Gasteiger charge is 2.43. The van der Waals surface area contributed by atoms with Crippen LogP contribution in [0.3, 0.4) is 0 Å². The first-order chi connectivity index (χ1) is 9.24. The summed E-state index contributed by atoms with van der Waals surface area (Å²) in [5, 5.41) is 0. The molecule has 0 heterocycles. The van der Waals surface area contributed by atoms with Crippen molar-refractivity contribution in [3.05, 3.63) is 0 Å². The second kappa shape index (κ2) is 7.93. The Kier molecular flexibility index (Phi) is 6.56. The van der Waals surface area contributed by atoms with Crippen molar-refractivity contribution in [2.45, 2.75) is 61.3 Å². The molecule has 0 aliphatic heterocycles. The summed E-state index contributed by atoms with van der Waals surface area (Å²) in [7, 11) is 3.48. The quantitative estimate of drug-likeness (QED) is 0.528. The van der Waals surface area contributed by atoms with Gasteiger partial charge in [0.15, 0.2) is 0 Å². The highest BCUT2D eigenvalue weighted by molar-refractivity contribution is 9.09. The van der Waals surface area contributed by atoms with Crippen molar-refractivity contribution in [3.63, 3.8) is 0 Å². The predicted molar refractivity (Wildman–Crippen MR) is 76.9 cm³/mol. The lowest BCUT2D eigenvalue weighted by atomic mass is 9.89. The monoisotopic (exact) mass is 336 g/mol. The third kappa shape index (κ3) is 4.39. The number of hydrogen-bond acceptors (Lipinski definition) is 4. The molecular formula is C14H25BrO4. The van der Waals surface area contributed by atoms with Crippen LogP contribution in [0.1, 0.15) is 32.1 Å². The Morgan fingerprint density at radius 3 is 2.53 bits per heavy atom. The summed E-state index contributed by atoms with van der Waals surface area (Å²) in [6, 6.07) is 0. The second-order valence-electron chi connectivity index (χ2n) is 5.40. The molecule has 2 fully saturated rings. The molecule has 0 bridgehead atoms. The lowest BCUT2D eigenvalue weighted by Crippen LogP contribution is -2.52. The molecule has 0 amide bonds. The van der Waals surface area contributed by atoms with Crippen LogP contribution in [-0.2, 0) is 18.9 Å². The van der Waals surface area contributed by atoms with Gasteiger partial charge in [-0.25, -0.2) is 0 Å². The van der Waals surface area contributed by atoms with E-state index >= 15 is 0 Å². The first kappa shape index (κ1) is 15.7. The van der Waals surface area contributed by atoms with E-state index < -0.39 is 0 Å². The van der Waals surface area contributed by atoms with Gasteiger partial charge in [0.1, 0.15) is 0 Å². The molecule has 2 aliphatic carbocycles. The van der Waals surface area contributed by atoms with Crippen LogP contribution in [-0.4, -0.2) is 56.7 Å². The molecule has 112 valence electrons. The maximum atomic E-state index is 6.20. The normalized spacial score (nSPS) is 39.0. The Bertz CT molecular complexity index is 264. The van der Waals surface area contributed by atoms with Gasteiger partial charge in [-0.3, -0.25) is 0 Å². The Balaban J connectivity index is 1.72. The van der Waals surface area contributed by atoms with E-state index in [2.05, 4.69) is 15.9 Å². The third-order valence-electron chi connectivity index (χ3n) is 4.06. The fourth-order valence-electron chi connectivity index (χ4n) is 2.83. The largest absolute Gasteiger partial charge is 0.382 e. The first-order valence-corrected chi connectivity index (χ1v) is 8.09. The summed E-state index contributed by atoms with van der Waals surface area (Å²) in [5.74, 6) is 0. The third-order valence-corrected chi connectivity index (χ3v) is 4.95. The Hall–Kier alpha value is 0.320. The summed E-state index contributed by atoms with van der Waals surface area (Å²) < 4.78 is 22.5. The van der Waals surface area contributed by atoms with Gasteiger partial charge in [-0.2, -0.15) is 0 Å². The number of hydrogen-bond donors (Lipinski definition) is 0. The van der Waals surface area contributed by atoms with Crippen molar-refractivity contribution in [1.29, 1.82) is 0 Å². The second-order valence-corrected chi connectivity index (χ2v) is 6.58. The molecule has 4 nitrogen and oxygen atoms in total. The molecule has 2 rings (SSSR count). The van der Waals surface area contributed by atoms with Crippen LogP contribution in [0, 0.1) is 0 Å². The molecule has 5 unspecified atom stereocenters. The van der Waals surface area contributed by atoms with Crippen LogP contribution < -0.4 is 0 Å². The van der Waals surface area contributed by atoms with Gasteiger partial charge in [-0.15, -0.1) is 0 Å². The van der Waals surface area contributed by atoms with Crippen molar-refractivity contribution in [1.82, 2.24) is 0 Å². The summed E-state index contributed by atoms with van der Waals surface area (Å²) in [4.78, 5) is 0.413. The SMILES string of the molecule is COCCOC1C(Br)CC1OC1CCCC(OC)C1. The number of ether oxygens (including phenoxy) is 4. The molecule has 0 radical (unpaired) electrons. The smallest absolute Gasteiger partial charge is 0.0963 e. The predicted octanol–water partition coefficient (Wildman–Crippen LogP) is 2.53. The van der Waals surface area contributed by atoms with E-state index in [0.717, 1.165) is 25.7 Å². The van der Waals surface area contributed by atoms with Gasteiger partial charge >= 0.3 is 0 Å². The maximum Gasteiger partial charge on any atom is 0.0963 e. The Morgan fingerprint density at radius 2 is 1.84 bits per heavy atom. The molecule has 5 heteroatoms. The standard InChI is InChI=1S/C14H25BrO4/c1-16-6-7-18-14-12(15)9-13(14)19-11-5-3-4-10(8-11)17-2/h10-14H,3-9H2,1-2H3. The summed E-state index contributed by atoms with van der Waals surface area (Å²) in [6.45, 7) is 1.27. The lowest BCUT2D eigenvalue weighted by Gasteiger charge is -2.43. The van der Waals surface area contributed by atoms with Gasteiger partial charge in [0.2, 0.25) is 0 Å². The topological polar surface area (TPSA) is 36.9 Å². The van der Waals surface area contributed by atoms with E-state index in [1.807, 2.05) is 0 Å². The van der Waals surface area contributed by atoms with Crippen molar-refractivity contribution < 1.29 is 18.9 Å². The van der Waals surface area contributed by atoms with E-state index in [4.69, 9.17) is 18.9 Å². The van der Waals surface area contributed by atoms with E-state index in [9.17, 15) is 0 Å². The molecule has 0 aromatic heterocycles. The minimum absolute atomic E-state index is 0.165. The fraction of sp³-hybridized carbons (Fsp3) is 1.00. The lowest BCUT2D eigenvalue weighted by molar-refractivity contribution is -0.162. The van der Waals surface area contributed by atoms with E-state index in [-0.39, 0.29) is 12.2 Å². The van der Waals surface area contributed by atoms with E-state index in [1.165, 1.54) is 6.42 Å². The molecule has 0 saturated heterocycles. The zero-order valence-electron chi connectivity index (χ0n) is 11.8. The summed E-state index contributed by atoms with van der Waals surface area (Å²) in [6.07, 6.45) is 6.65. The molecular weight excluding hydrogens is 312 g/mol. The average Bonchev–Trinajstić information content (AvgIpc) is 2.43. The van der Waals surface area contributed by atoms with Crippen LogP contribution in [0.2, 0.25) is 0 Å². The zero-order chi connectivity index (χ0) is 13.7. The number of methoxy groups -OCH3 is 2. The molecule has 2 aliphatic rings. The number of alkyl halides is 1. The van der Waals surface area contributed by atoms with Gasteiger partial charge in [0.05, 0.1) is 37.6 Å². The van der Waals surface area contributed by atoms with Gasteiger partial charge < -0.3 is 18.9 Å².